The maximum absolute atomic E-state index is 11.7. The molecule has 176 valence electrons. The molecule has 2 aliphatic rings. The smallest absolute Gasteiger partial charge is 0.253 e. The van der Waals surface area contributed by atoms with Gasteiger partial charge in [0.05, 0.1) is 30.1 Å². The lowest BCUT2D eigenvalue weighted by atomic mass is 10.0. The van der Waals surface area contributed by atoms with Gasteiger partial charge in [0.1, 0.15) is 0 Å². The lowest BCUT2D eigenvalue weighted by Gasteiger charge is -2.17. The lowest BCUT2D eigenvalue weighted by Crippen LogP contribution is -2.27. The van der Waals surface area contributed by atoms with Gasteiger partial charge in [-0.15, -0.1) is 0 Å². The van der Waals surface area contributed by atoms with Gasteiger partial charge in [0.2, 0.25) is 5.91 Å². The third kappa shape index (κ3) is 6.27. The van der Waals surface area contributed by atoms with E-state index in [9.17, 15) is 13.8 Å². The maximum atomic E-state index is 11.7. The van der Waals surface area contributed by atoms with E-state index < -0.39 is 11.1 Å². The molecule has 0 saturated carbocycles. The fourth-order valence-electron chi connectivity index (χ4n) is 3.37. The number of hydrogen-bond donors (Lipinski definition) is 3. The number of anilines is 1. The molecule has 2 amide bonds. The Balaban J connectivity index is 0.000000211. The van der Waals surface area contributed by atoms with Crippen molar-refractivity contribution in [2.75, 3.05) is 31.7 Å². The van der Waals surface area contributed by atoms with Gasteiger partial charge in [-0.1, -0.05) is 13.8 Å². The highest BCUT2D eigenvalue weighted by Gasteiger charge is 2.27. The molecule has 1 aromatic carbocycles. The predicted molar refractivity (Wildman–Crippen MR) is 125 cm³/mol. The van der Waals surface area contributed by atoms with Crippen molar-refractivity contribution in [3.8, 4) is 0 Å². The minimum atomic E-state index is -1.36. The lowest BCUT2D eigenvalue weighted by molar-refractivity contribution is -0.115. The van der Waals surface area contributed by atoms with Crippen LogP contribution in [0.1, 0.15) is 53.5 Å². The van der Waals surface area contributed by atoms with Crippen molar-refractivity contribution in [2.45, 2.75) is 52.4 Å². The highest BCUT2D eigenvalue weighted by atomic mass is 32.2. The monoisotopic (exact) mass is 463 g/mol. The number of benzene rings is 1. The van der Waals surface area contributed by atoms with Crippen molar-refractivity contribution < 1.29 is 22.7 Å². The molecule has 0 radical (unpaired) electrons. The number of aromatic nitrogens is 1. The first-order chi connectivity index (χ1) is 15.4. The third-order valence-corrected chi connectivity index (χ3v) is 6.22. The Morgan fingerprint density at radius 1 is 1.25 bits per heavy atom. The van der Waals surface area contributed by atoms with Crippen LogP contribution in [0.3, 0.4) is 0 Å². The number of ether oxygens (including phenoxy) is 1. The number of hydrogen-bond acceptors (Lipinski definition) is 5. The number of nitrogens with one attached hydrogen (secondary N) is 3. The van der Waals surface area contributed by atoms with Crippen LogP contribution in [-0.4, -0.2) is 47.4 Å². The van der Waals surface area contributed by atoms with Crippen LogP contribution in [0, 0.1) is 13.8 Å². The van der Waals surface area contributed by atoms with Gasteiger partial charge in [0.25, 0.3) is 5.91 Å². The normalized spacial score (nSPS) is 15.9. The van der Waals surface area contributed by atoms with E-state index in [0.29, 0.717) is 38.3 Å². The van der Waals surface area contributed by atoms with Gasteiger partial charge in [-0.25, -0.2) is 4.21 Å². The number of fused-ring (bicyclic) bond motifs is 3. The van der Waals surface area contributed by atoms with Crippen LogP contribution >= 0.6 is 0 Å². The number of H-pyrrole nitrogens is 1. The van der Waals surface area contributed by atoms with Crippen molar-refractivity contribution in [3.63, 3.8) is 0 Å². The van der Waals surface area contributed by atoms with E-state index in [0.717, 1.165) is 39.4 Å². The Labute approximate surface area is 192 Å². The topological polar surface area (TPSA) is 110 Å². The third-order valence-electron chi connectivity index (χ3n) is 5.10. The van der Waals surface area contributed by atoms with Gasteiger partial charge in [0.15, 0.2) is 11.1 Å². The Bertz CT molecular complexity index is 971. The van der Waals surface area contributed by atoms with Crippen molar-refractivity contribution in [3.05, 3.63) is 46.3 Å². The van der Waals surface area contributed by atoms with Gasteiger partial charge >= 0.3 is 0 Å². The summed E-state index contributed by atoms with van der Waals surface area (Å²) >= 11 is -1.36. The van der Waals surface area contributed by atoms with Crippen molar-refractivity contribution in [1.29, 1.82) is 0 Å². The molecule has 3 heterocycles. The Morgan fingerprint density at radius 3 is 2.66 bits per heavy atom. The minimum Gasteiger partial charge on any atom is -0.380 e. The highest BCUT2D eigenvalue weighted by molar-refractivity contribution is 7.80. The second kappa shape index (κ2) is 12.5. The van der Waals surface area contributed by atoms with Gasteiger partial charge < -0.3 is 20.4 Å². The molecule has 1 atom stereocenters. The largest absolute Gasteiger partial charge is 0.380 e. The van der Waals surface area contributed by atoms with Crippen molar-refractivity contribution in [1.82, 2.24) is 10.3 Å². The summed E-state index contributed by atoms with van der Waals surface area (Å²) in [6, 6.07) is 3.57. The Kier molecular flexibility index (Phi) is 10.1. The molecule has 2 aliphatic heterocycles. The molecule has 0 bridgehead atoms. The molecule has 1 unspecified atom stereocenters. The molecule has 8 nitrogen and oxygen atoms in total. The highest BCUT2D eigenvalue weighted by Crippen LogP contribution is 2.33. The predicted octanol–water partition coefficient (Wildman–Crippen LogP) is 3.20. The molecule has 32 heavy (non-hydrogen) atoms. The van der Waals surface area contributed by atoms with Crippen LogP contribution in [0.25, 0.3) is 0 Å². The van der Waals surface area contributed by atoms with E-state index in [1.54, 1.807) is 18.3 Å². The summed E-state index contributed by atoms with van der Waals surface area (Å²) in [5, 5.41) is 5.59. The van der Waals surface area contributed by atoms with E-state index in [-0.39, 0.29) is 11.8 Å². The molecular formula is C23H33N3O5S. The molecule has 9 heteroatoms. The number of amides is 2. The van der Waals surface area contributed by atoms with Gasteiger partial charge in [-0.3, -0.25) is 13.8 Å². The number of carbonyl (C=O) groups is 2. The summed E-state index contributed by atoms with van der Waals surface area (Å²) in [5.74, 6) is -0.0350. The molecule has 0 spiro atoms. The molecule has 4 rings (SSSR count). The molecule has 0 fully saturated rings. The quantitative estimate of drug-likeness (QED) is 0.590. The van der Waals surface area contributed by atoms with E-state index in [2.05, 4.69) is 15.6 Å². The van der Waals surface area contributed by atoms with Gasteiger partial charge in [0, 0.05) is 30.7 Å². The first kappa shape index (κ1) is 25.8. The average molecular weight is 464 g/mol. The van der Waals surface area contributed by atoms with Gasteiger partial charge in [-0.2, -0.15) is 0 Å². The summed E-state index contributed by atoms with van der Waals surface area (Å²) in [7, 11) is 0. The zero-order valence-electron chi connectivity index (χ0n) is 19.4. The summed E-state index contributed by atoms with van der Waals surface area (Å²) in [6.07, 6.45) is 2.87. The van der Waals surface area contributed by atoms with Crippen molar-refractivity contribution in [2.24, 2.45) is 0 Å². The Morgan fingerprint density at radius 2 is 2.00 bits per heavy atom. The summed E-state index contributed by atoms with van der Waals surface area (Å²) < 4.78 is 21.7. The molecule has 1 aromatic heterocycles. The molecule has 0 saturated heterocycles. The van der Waals surface area contributed by atoms with Crippen LogP contribution in [0.2, 0.25) is 0 Å². The van der Waals surface area contributed by atoms with E-state index >= 15 is 0 Å². The first-order valence-electron chi connectivity index (χ1n) is 10.9. The van der Waals surface area contributed by atoms with Crippen molar-refractivity contribution >= 4 is 28.6 Å². The van der Waals surface area contributed by atoms with Crippen LogP contribution in [0.4, 0.5) is 5.69 Å². The van der Waals surface area contributed by atoms with E-state index in [4.69, 9.17) is 8.92 Å². The fourth-order valence-corrected chi connectivity index (χ4v) is 4.34. The second-order valence-electron chi connectivity index (χ2n) is 7.01. The molecule has 3 N–H and O–H groups in total. The SMILES string of the molecule is CC.CCOCCNC(=O)c1c[nH]c(C)c1C.O=C1Cc2c(ccc3c2CCOS3=O)N1. The first-order valence-corrected chi connectivity index (χ1v) is 12.0. The number of aryl methyl sites for hydroxylation is 1. The maximum Gasteiger partial charge on any atom is 0.253 e. The van der Waals surface area contributed by atoms with E-state index in [1.165, 1.54) is 0 Å². The number of aromatic amines is 1. The summed E-state index contributed by atoms with van der Waals surface area (Å²) in [4.78, 5) is 26.7. The standard InChI is InChI=1S/C11H18N2O2.C10H9NO3S.C2H6/c1-4-15-6-5-12-11(14)10-7-13-9(3)8(10)2;12-10-5-7-6-3-4-14-15(13)9(6)2-1-8(7)11-10;1-2/h7,13H,4-6H2,1-3H3,(H,12,14);1-2H,3-5H2,(H,11,12);1-2H3. The van der Waals surface area contributed by atoms with Crippen LogP contribution in [0.15, 0.2) is 23.2 Å². The fraction of sp³-hybridized carbons (Fsp3) is 0.478. The minimum absolute atomic E-state index is 0.00988. The van der Waals surface area contributed by atoms with E-state index in [1.807, 2.05) is 34.6 Å². The second-order valence-corrected chi connectivity index (χ2v) is 8.15. The Hall–Kier alpha value is -2.49. The zero-order chi connectivity index (χ0) is 23.7. The molecule has 0 aliphatic carbocycles. The average Bonchev–Trinajstić information content (AvgIpc) is 3.35. The number of carbonyl (C=O) groups excluding carboxylic acids is 2. The van der Waals surface area contributed by atoms with Crippen LogP contribution < -0.4 is 10.6 Å². The van der Waals surface area contributed by atoms with Crippen LogP contribution in [0.5, 0.6) is 0 Å². The number of rotatable bonds is 5. The molecule has 2 aromatic rings. The van der Waals surface area contributed by atoms with Crippen LogP contribution in [-0.2, 0) is 37.6 Å². The summed E-state index contributed by atoms with van der Waals surface area (Å²) in [6.45, 7) is 12.1. The van der Waals surface area contributed by atoms with Gasteiger partial charge in [-0.05, 0) is 56.0 Å². The summed E-state index contributed by atoms with van der Waals surface area (Å²) in [5.41, 5.74) is 5.63. The molecular weight excluding hydrogens is 430 g/mol. The zero-order valence-corrected chi connectivity index (χ0v) is 20.2.